The second-order valence-corrected chi connectivity index (χ2v) is 3.20. The van der Waals surface area contributed by atoms with Gasteiger partial charge in [-0.2, -0.15) is 20.2 Å². The molecular weight excluding hydrogens is 206 g/mol. The van der Waals surface area contributed by atoms with E-state index in [0.717, 1.165) is 5.39 Å². The molecule has 0 amide bonds. The van der Waals surface area contributed by atoms with Crippen molar-refractivity contribution in [2.75, 3.05) is 12.4 Å². The largest absolute Gasteiger partial charge is 0.357 e. The van der Waals surface area contributed by atoms with Crippen LogP contribution in [0.2, 0.25) is 0 Å². The molecule has 0 saturated heterocycles. The minimum atomic E-state index is 0.530. The van der Waals surface area contributed by atoms with Crippen molar-refractivity contribution >= 4 is 17.0 Å². The van der Waals surface area contributed by atoms with Gasteiger partial charge in [0.25, 0.3) is 0 Å². The molecule has 0 aliphatic rings. The van der Waals surface area contributed by atoms with Crippen molar-refractivity contribution in [1.29, 1.82) is 0 Å². The molecule has 80 valence electrons. The highest BCUT2D eigenvalue weighted by Crippen LogP contribution is 2.17. The van der Waals surface area contributed by atoms with Gasteiger partial charge < -0.3 is 5.32 Å². The monoisotopic (exact) mass is 215 g/mol. The summed E-state index contributed by atoms with van der Waals surface area (Å²) < 4.78 is 1.68. The summed E-state index contributed by atoms with van der Waals surface area (Å²) in [6.45, 7) is 0. The Morgan fingerprint density at radius 3 is 3.06 bits per heavy atom. The number of nitrogens with zero attached hydrogens (tertiary/aromatic N) is 5. The first kappa shape index (κ1) is 8.84. The number of H-pyrrole nitrogens is 1. The predicted molar refractivity (Wildman–Crippen MR) is 58.4 cm³/mol. The van der Waals surface area contributed by atoms with Gasteiger partial charge in [-0.25, -0.2) is 4.68 Å². The van der Waals surface area contributed by atoms with E-state index in [0.29, 0.717) is 17.4 Å². The van der Waals surface area contributed by atoms with Gasteiger partial charge in [-0.3, -0.25) is 5.10 Å². The summed E-state index contributed by atoms with van der Waals surface area (Å²) in [6, 6.07) is 1.84. The molecule has 7 heteroatoms. The van der Waals surface area contributed by atoms with Gasteiger partial charge in [0, 0.05) is 19.4 Å². The number of nitrogens with one attached hydrogen (secondary N) is 2. The summed E-state index contributed by atoms with van der Waals surface area (Å²) in [4.78, 5) is 8.60. The third kappa shape index (κ3) is 1.22. The van der Waals surface area contributed by atoms with Crippen molar-refractivity contribution in [1.82, 2.24) is 29.9 Å². The molecule has 0 aliphatic carbocycles. The number of rotatable bonds is 2. The van der Waals surface area contributed by atoms with Crippen LogP contribution in [-0.2, 0) is 0 Å². The maximum atomic E-state index is 4.35. The Bertz CT molecular complexity index is 610. The summed E-state index contributed by atoms with van der Waals surface area (Å²) in [5, 5.41) is 14.6. The van der Waals surface area contributed by atoms with Crippen LogP contribution in [0.15, 0.2) is 24.7 Å². The van der Waals surface area contributed by atoms with Crippen LogP contribution < -0.4 is 5.32 Å². The lowest BCUT2D eigenvalue weighted by atomic mass is 10.4. The Labute approximate surface area is 90.5 Å². The summed E-state index contributed by atoms with van der Waals surface area (Å²) in [7, 11) is 1.77. The van der Waals surface area contributed by atoms with Gasteiger partial charge >= 0.3 is 0 Å². The number of anilines is 1. The molecule has 0 unspecified atom stereocenters. The van der Waals surface area contributed by atoms with Crippen LogP contribution in [0, 0.1) is 0 Å². The predicted octanol–water partition coefficient (Wildman–Crippen LogP) is 0.580. The van der Waals surface area contributed by atoms with Crippen molar-refractivity contribution in [3.05, 3.63) is 24.7 Å². The highest BCUT2D eigenvalue weighted by atomic mass is 15.3. The first-order valence-corrected chi connectivity index (χ1v) is 4.77. The van der Waals surface area contributed by atoms with Crippen molar-refractivity contribution in [3.8, 4) is 5.82 Å². The van der Waals surface area contributed by atoms with Crippen LogP contribution in [0.5, 0.6) is 0 Å². The number of hydrogen-bond acceptors (Lipinski definition) is 5. The molecule has 16 heavy (non-hydrogen) atoms. The minimum absolute atomic E-state index is 0.530. The zero-order valence-electron chi connectivity index (χ0n) is 8.55. The van der Waals surface area contributed by atoms with E-state index in [2.05, 4.69) is 30.6 Å². The fourth-order valence-electron chi connectivity index (χ4n) is 1.50. The van der Waals surface area contributed by atoms with Crippen LogP contribution >= 0.6 is 0 Å². The third-order valence-corrected chi connectivity index (χ3v) is 2.23. The van der Waals surface area contributed by atoms with Gasteiger partial charge in [0.15, 0.2) is 11.5 Å². The second kappa shape index (κ2) is 3.30. The zero-order chi connectivity index (χ0) is 11.0. The summed E-state index contributed by atoms with van der Waals surface area (Å²) in [5.41, 5.74) is 0.685. The zero-order valence-corrected chi connectivity index (χ0v) is 8.55. The molecule has 0 spiro atoms. The Balaban J connectivity index is 2.33. The van der Waals surface area contributed by atoms with Gasteiger partial charge in [-0.15, -0.1) is 0 Å². The Hall–Kier alpha value is -2.44. The average molecular weight is 215 g/mol. The maximum Gasteiger partial charge on any atom is 0.226 e. The van der Waals surface area contributed by atoms with Crippen LogP contribution in [0.1, 0.15) is 0 Å². The van der Waals surface area contributed by atoms with Crippen molar-refractivity contribution < 1.29 is 0 Å². The second-order valence-electron chi connectivity index (χ2n) is 3.20. The Kier molecular flexibility index (Phi) is 1.82. The topological polar surface area (TPSA) is 84.3 Å². The molecule has 0 aromatic carbocycles. The Morgan fingerprint density at radius 1 is 1.38 bits per heavy atom. The van der Waals surface area contributed by atoms with E-state index in [1.807, 2.05) is 12.3 Å². The average Bonchev–Trinajstić information content (AvgIpc) is 2.98. The van der Waals surface area contributed by atoms with Crippen LogP contribution in [0.4, 0.5) is 5.95 Å². The van der Waals surface area contributed by atoms with E-state index >= 15 is 0 Å². The van der Waals surface area contributed by atoms with E-state index in [9.17, 15) is 0 Å². The van der Waals surface area contributed by atoms with Gasteiger partial charge in [-0.1, -0.05) is 0 Å². The lowest BCUT2D eigenvalue weighted by Crippen LogP contribution is -2.04. The van der Waals surface area contributed by atoms with E-state index < -0.39 is 0 Å². The maximum absolute atomic E-state index is 4.35. The molecule has 3 heterocycles. The summed E-state index contributed by atoms with van der Waals surface area (Å²) in [5.74, 6) is 1.23. The van der Waals surface area contributed by atoms with E-state index in [4.69, 9.17) is 0 Å². The number of hydrogen-bond donors (Lipinski definition) is 2. The molecule has 0 aliphatic heterocycles. The minimum Gasteiger partial charge on any atom is -0.357 e. The van der Waals surface area contributed by atoms with Gasteiger partial charge in [0.1, 0.15) is 0 Å². The molecule has 3 rings (SSSR count). The molecule has 3 aromatic rings. The molecule has 0 bridgehead atoms. The normalized spacial score (nSPS) is 10.8. The van der Waals surface area contributed by atoms with Crippen LogP contribution in [0.25, 0.3) is 16.9 Å². The summed E-state index contributed by atoms with van der Waals surface area (Å²) in [6.07, 6.45) is 5.22. The molecule has 0 radical (unpaired) electrons. The van der Waals surface area contributed by atoms with Crippen LogP contribution in [0.3, 0.4) is 0 Å². The first-order valence-electron chi connectivity index (χ1n) is 4.77. The lowest BCUT2D eigenvalue weighted by molar-refractivity contribution is 0.852. The Morgan fingerprint density at radius 2 is 2.31 bits per heavy atom. The SMILES string of the molecule is CNc1nc(-n2cccn2)c2cn[nH]c2n1. The van der Waals surface area contributed by atoms with Crippen LogP contribution in [-0.4, -0.2) is 37.0 Å². The fraction of sp³-hybridized carbons (Fsp3) is 0.111. The highest BCUT2D eigenvalue weighted by molar-refractivity contribution is 5.82. The number of aromatic nitrogens is 6. The van der Waals surface area contributed by atoms with Gasteiger partial charge in [0.2, 0.25) is 5.95 Å². The lowest BCUT2D eigenvalue weighted by Gasteiger charge is -2.04. The molecule has 7 nitrogen and oxygen atoms in total. The quantitative estimate of drug-likeness (QED) is 0.653. The first-order chi connectivity index (χ1) is 7.88. The van der Waals surface area contributed by atoms with E-state index in [1.54, 1.807) is 24.1 Å². The van der Waals surface area contributed by atoms with E-state index in [1.165, 1.54) is 0 Å². The van der Waals surface area contributed by atoms with Gasteiger partial charge in [0.05, 0.1) is 11.6 Å². The van der Waals surface area contributed by atoms with Crippen molar-refractivity contribution in [2.24, 2.45) is 0 Å². The molecule has 3 aromatic heterocycles. The molecule has 0 saturated carbocycles. The summed E-state index contributed by atoms with van der Waals surface area (Å²) >= 11 is 0. The number of aromatic amines is 1. The molecule has 0 atom stereocenters. The smallest absolute Gasteiger partial charge is 0.226 e. The highest BCUT2D eigenvalue weighted by Gasteiger charge is 2.10. The van der Waals surface area contributed by atoms with E-state index in [-0.39, 0.29) is 0 Å². The van der Waals surface area contributed by atoms with Gasteiger partial charge in [-0.05, 0) is 6.07 Å². The standard InChI is InChI=1S/C9H9N7/c1-10-9-13-7-6(5-11-15-7)8(14-9)16-4-2-3-12-16/h2-5H,1H3,(H2,10,11,13,14,15). The van der Waals surface area contributed by atoms with Crippen molar-refractivity contribution in [2.45, 2.75) is 0 Å². The van der Waals surface area contributed by atoms with Crippen molar-refractivity contribution in [3.63, 3.8) is 0 Å². The molecule has 2 N–H and O–H groups in total. The molecule has 0 fully saturated rings. The third-order valence-electron chi connectivity index (χ3n) is 2.23. The number of fused-ring (bicyclic) bond motifs is 1. The fourth-order valence-corrected chi connectivity index (χ4v) is 1.50. The molecular formula is C9H9N7.